The van der Waals surface area contributed by atoms with Crippen molar-refractivity contribution in [1.82, 2.24) is 0 Å². The molecule has 1 atom stereocenters. The van der Waals surface area contributed by atoms with Crippen molar-refractivity contribution in [3.05, 3.63) is 64.7 Å². The third-order valence-corrected chi connectivity index (χ3v) is 4.05. The molecule has 0 aliphatic rings. The maximum atomic E-state index is 12.0. The summed E-state index contributed by atoms with van der Waals surface area (Å²) in [7, 11) is 0. The van der Waals surface area contributed by atoms with Crippen molar-refractivity contribution in [2.75, 3.05) is 5.32 Å². The Kier molecular flexibility index (Phi) is 5.40. The van der Waals surface area contributed by atoms with Gasteiger partial charge in [0, 0.05) is 10.7 Å². The maximum Gasteiger partial charge on any atom is 0.228 e. The topological polar surface area (TPSA) is 29.1 Å². The molecule has 0 unspecified atom stereocenters. The van der Waals surface area contributed by atoms with Crippen molar-refractivity contribution in [2.45, 2.75) is 32.6 Å². The second-order valence-corrected chi connectivity index (χ2v) is 5.65. The second-order valence-electron chi connectivity index (χ2n) is 5.25. The molecule has 0 aliphatic heterocycles. The van der Waals surface area contributed by atoms with Crippen LogP contribution in [0.5, 0.6) is 0 Å². The number of hydrogen-bond acceptors (Lipinski definition) is 1. The SMILES string of the molecule is CC[C@@H](C)c1ccc(NC(=O)Cc2ccccc2Cl)cc1. The van der Waals surface area contributed by atoms with Crippen LogP contribution in [0.25, 0.3) is 0 Å². The fourth-order valence-corrected chi connectivity index (χ4v) is 2.35. The van der Waals surface area contributed by atoms with Crippen molar-refractivity contribution >= 4 is 23.2 Å². The van der Waals surface area contributed by atoms with Crippen LogP contribution in [0.1, 0.15) is 37.3 Å². The molecule has 110 valence electrons. The molecule has 0 radical (unpaired) electrons. The molecule has 0 saturated heterocycles. The van der Waals surface area contributed by atoms with Crippen LogP contribution in [0.2, 0.25) is 5.02 Å². The lowest BCUT2D eigenvalue weighted by molar-refractivity contribution is -0.115. The minimum Gasteiger partial charge on any atom is -0.326 e. The van der Waals surface area contributed by atoms with E-state index in [0.717, 1.165) is 17.7 Å². The van der Waals surface area contributed by atoms with Crippen LogP contribution in [0.3, 0.4) is 0 Å². The van der Waals surface area contributed by atoms with Crippen molar-refractivity contribution in [3.63, 3.8) is 0 Å². The zero-order valence-corrected chi connectivity index (χ0v) is 13.2. The second kappa shape index (κ2) is 7.28. The van der Waals surface area contributed by atoms with E-state index in [1.807, 2.05) is 30.3 Å². The van der Waals surface area contributed by atoms with Crippen LogP contribution in [-0.2, 0) is 11.2 Å². The van der Waals surface area contributed by atoms with Crippen LogP contribution >= 0.6 is 11.6 Å². The molecule has 2 rings (SSSR count). The standard InChI is InChI=1S/C18H20ClNO/c1-3-13(2)14-8-10-16(11-9-14)20-18(21)12-15-6-4-5-7-17(15)19/h4-11,13H,3,12H2,1-2H3,(H,20,21)/t13-/m1/s1. The maximum absolute atomic E-state index is 12.0. The Bertz CT molecular complexity index is 607. The number of anilines is 1. The molecule has 0 spiro atoms. The molecule has 2 nitrogen and oxygen atoms in total. The fourth-order valence-electron chi connectivity index (χ4n) is 2.15. The highest BCUT2D eigenvalue weighted by molar-refractivity contribution is 6.31. The monoisotopic (exact) mass is 301 g/mol. The molecule has 0 aromatic heterocycles. The summed E-state index contributed by atoms with van der Waals surface area (Å²) >= 11 is 6.06. The molecular formula is C18H20ClNO. The minimum atomic E-state index is -0.0561. The Morgan fingerprint density at radius 2 is 1.81 bits per heavy atom. The predicted octanol–water partition coefficient (Wildman–Crippen LogP) is 5.03. The number of amides is 1. The molecule has 0 fully saturated rings. The lowest BCUT2D eigenvalue weighted by atomic mass is 9.98. The normalized spacial score (nSPS) is 12.0. The van der Waals surface area contributed by atoms with E-state index in [4.69, 9.17) is 11.6 Å². The zero-order valence-electron chi connectivity index (χ0n) is 12.4. The average molecular weight is 302 g/mol. The van der Waals surface area contributed by atoms with Gasteiger partial charge in [0.05, 0.1) is 6.42 Å². The van der Waals surface area contributed by atoms with E-state index in [0.29, 0.717) is 10.9 Å². The lowest BCUT2D eigenvalue weighted by Crippen LogP contribution is -2.14. The summed E-state index contributed by atoms with van der Waals surface area (Å²) in [5, 5.41) is 3.53. The summed E-state index contributed by atoms with van der Waals surface area (Å²) in [6, 6.07) is 15.4. The molecule has 21 heavy (non-hydrogen) atoms. The van der Waals surface area contributed by atoms with Crippen LogP contribution in [0.4, 0.5) is 5.69 Å². The first-order valence-corrected chi connectivity index (χ1v) is 7.61. The number of halogens is 1. The predicted molar refractivity (Wildman–Crippen MR) is 88.9 cm³/mol. The van der Waals surface area contributed by atoms with E-state index in [1.165, 1.54) is 5.56 Å². The van der Waals surface area contributed by atoms with Crippen LogP contribution in [-0.4, -0.2) is 5.91 Å². The van der Waals surface area contributed by atoms with Crippen LogP contribution in [0, 0.1) is 0 Å². The molecule has 1 amide bonds. The van der Waals surface area contributed by atoms with Crippen molar-refractivity contribution in [1.29, 1.82) is 0 Å². The largest absolute Gasteiger partial charge is 0.326 e. The Labute approximate surface area is 131 Å². The number of hydrogen-bond donors (Lipinski definition) is 1. The van der Waals surface area contributed by atoms with Gasteiger partial charge in [-0.3, -0.25) is 4.79 Å². The minimum absolute atomic E-state index is 0.0561. The first kappa shape index (κ1) is 15.6. The summed E-state index contributed by atoms with van der Waals surface area (Å²) < 4.78 is 0. The molecule has 1 N–H and O–H groups in total. The van der Waals surface area contributed by atoms with Gasteiger partial charge >= 0.3 is 0 Å². The molecule has 0 aliphatic carbocycles. The summed E-state index contributed by atoms with van der Waals surface area (Å²) in [5.74, 6) is 0.484. The highest BCUT2D eigenvalue weighted by Gasteiger charge is 2.08. The molecule has 2 aromatic carbocycles. The Morgan fingerprint density at radius 3 is 2.43 bits per heavy atom. The molecule has 3 heteroatoms. The van der Waals surface area contributed by atoms with Gasteiger partial charge in [-0.25, -0.2) is 0 Å². The summed E-state index contributed by atoms with van der Waals surface area (Å²) in [5.41, 5.74) is 2.95. The highest BCUT2D eigenvalue weighted by Crippen LogP contribution is 2.21. The van der Waals surface area contributed by atoms with Crippen LogP contribution in [0.15, 0.2) is 48.5 Å². The van der Waals surface area contributed by atoms with Gasteiger partial charge in [-0.15, -0.1) is 0 Å². The van der Waals surface area contributed by atoms with E-state index in [1.54, 1.807) is 6.07 Å². The number of benzene rings is 2. The van der Waals surface area contributed by atoms with Gasteiger partial charge < -0.3 is 5.32 Å². The highest BCUT2D eigenvalue weighted by atomic mass is 35.5. The third kappa shape index (κ3) is 4.33. The van der Waals surface area contributed by atoms with Gasteiger partial charge in [-0.2, -0.15) is 0 Å². The molecular weight excluding hydrogens is 282 g/mol. The number of carbonyl (C=O) groups is 1. The van der Waals surface area contributed by atoms with Crippen molar-refractivity contribution < 1.29 is 4.79 Å². The Hall–Kier alpha value is -1.80. The molecule has 0 saturated carbocycles. The summed E-state index contributed by atoms with van der Waals surface area (Å²) in [6.45, 7) is 4.37. The van der Waals surface area contributed by atoms with E-state index < -0.39 is 0 Å². The first-order valence-electron chi connectivity index (χ1n) is 7.23. The van der Waals surface area contributed by atoms with E-state index in [9.17, 15) is 4.79 Å². The van der Waals surface area contributed by atoms with Gasteiger partial charge in [0.2, 0.25) is 5.91 Å². The summed E-state index contributed by atoms with van der Waals surface area (Å²) in [4.78, 5) is 12.0. The van der Waals surface area contributed by atoms with Crippen molar-refractivity contribution in [2.24, 2.45) is 0 Å². The smallest absolute Gasteiger partial charge is 0.228 e. The number of carbonyl (C=O) groups excluding carboxylic acids is 1. The Balaban J connectivity index is 1.98. The fraction of sp³-hybridized carbons (Fsp3) is 0.278. The Morgan fingerprint density at radius 1 is 1.14 bits per heavy atom. The van der Waals surface area contributed by atoms with Gasteiger partial charge in [-0.1, -0.05) is 55.8 Å². The average Bonchev–Trinajstić information content (AvgIpc) is 2.49. The van der Waals surface area contributed by atoms with E-state index in [2.05, 4.69) is 31.3 Å². The first-order chi connectivity index (χ1) is 10.1. The molecule has 0 bridgehead atoms. The van der Waals surface area contributed by atoms with Crippen LogP contribution < -0.4 is 5.32 Å². The van der Waals surface area contributed by atoms with Gasteiger partial charge in [0.15, 0.2) is 0 Å². The summed E-state index contributed by atoms with van der Waals surface area (Å²) in [6.07, 6.45) is 1.39. The van der Waals surface area contributed by atoms with Crippen molar-refractivity contribution in [3.8, 4) is 0 Å². The van der Waals surface area contributed by atoms with Gasteiger partial charge in [0.25, 0.3) is 0 Å². The number of nitrogens with one attached hydrogen (secondary N) is 1. The van der Waals surface area contributed by atoms with Gasteiger partial charge in [0.1, 0.15) is 0 Å². The molecule has 0 heterocycles. The third-order valence-electron chi connectivity index (χ3n) is 3.68. The lowest BCUT2D eigenvalue weighted by Gasteiger charge is -2.11. The zero-order chi connectivity index (χ0) is 15.2. The number of rotatable bonds is 5. The quantitative estimate of drug-likeness (QED) is 0.824. The molecule has 2 aromatic rings. The van der Waals surface area contributed by atoms with Gasteiger partial charge in [-0.05, 0) is 41.7 Å². The van der Waals surface area contributed by atoms with E-state index >= 15 is 0 Å². The van der Waals surface area contributed by atoms with E-state index in [-0.39, 0.29) is 12.3 Å².